The molecule has 20 heavy (non-hydrogen) atoms. The average molecular weight is 329 g/mol. The fourth-order valence-corrected chi connectivity index (χ4v) is 2.34. The van der Waals surface area contributed by atoms with Crippen molar-refractivity contribution in [2.75, 3.05) is 11.9 Å². The summed E-state index contributed by atoms with van der Waals surface area (Å²) in [6.45, 7) is 4.89. The van der Waals surface area contributed by atoms with Crippen molar-refractivity contribution in [1.29, 1.82) is 0 Å². The molecule has 0 aromatic heterocycles. The third-order valence-electron chi connectivity index (χ3n) is 2.38. The second-order valence-corrected chi connectivity index (χ2v) is 5.80. The van der Waals surface area contributed by atoms with Gasteiger partial charge in [-0.2, -0.15) is 4.99 Å². The molecule has 0 spiro atoms. The largest absolute Gasteiger partial charge is 0.388 e. The zero-order valence-corrected chi connectivity index (χ0v) is 13.4. The number of hydrogen-bond donors (Lipinski definition) is 2. The van der Waals surface area contributed by atoms with Crippen LogP contribution in [-0.2, 0) is 0 Å². The van der Waals surface area contributed by atoms with Gasteiger partial charge in [0.25, 0.3) is 0 Å². The van der Waals surface area contributed by atoms with Gasteiger partial charge in [-0.25, -0.2) is 4.99 Å². The fourth-order valence-electron chi connectivity index (χ4n) is 1.46. The molecule has 4 nitrogen and oxygen atoms in total. The van der Waals surface area contributed by atoms with Crippen molar-refractivity contribution in [1.82, 2.24) is 5.32 Å². The number of hydrogen-bond acceptors (Lipinski definition) is 4. The van der Waals surface area contributed by atoms with Crippen LogP contribution in [0.25, 0.3) is 0 Å². The van der Waals surface area contributed by atoms with Crippen LogP contribution in [-0.4, -0.2) is 16.9 Å². The molecule has 1 aromatic rings. The third-order valence-corrected chi connectivity index (χ3v) is 3.89. The van der Waals surface area contributed by atoms with E-state index in [-0.39, 0.29) is 0 Å². The Morgan fingerprint density at radius 3 is 2.80 bits per heavy atom. The minimum Gasteiger partial charge on any atom is -0.388 e. The predicted molar refractivity (Wildman–Crippen MR) is 90.0 cm³/mol. The van der Waals surface area contributed by atoms with Gasteiger partial charge in [0.05, 0.1) is 10.0 Å². The summed E-state index contributed by atoms with van der Waals surface area (Å²) in [6, 6.07) is 5.35. The second-order valence-electron chi connectivity index (χ2n) is 4.03. The molecule has 0 saturated heterocycles. The van der Waals surface area contributed by atoms with E-state index < -0.39 is 0 Å². The monoisotopic (exact) mass is 328 g/mol. The van der Waals surface area contributed by atoms with E-state index in [1.165, 1.54) is 11.8 Å². The minimum atomic E-state index is 0.514. The van der Waals surface area contributed by atoms with E-state index in [2.05, 4.69) is 20.6 Å². The number of aliphatic imine (C=N–C) groups is 2. The Bertz CT molecular complexity index is 596. The Morgan fingerprint density at radius 1 is 1.40 bits per heavy atom. The van der Waals surface area contributed by atoms with E-state index in [9.17, 15) is 0 Å². The number of nitrogens with one attached hydrogen (secondary N) is 2. The molecular formula is C13H14Cl2N4S. The highest BCUT2D eigenvalue weighted by Gasteiger charge is 2.17. The zero-order chi connectivity index (χ0) is 14.5. The van der Waals surface area contributed by atoms with Crippen LogP contribution in [0.15, 0.2) is 40.1 Å². The summed E-state index contributed by atoms with van der Waals surface area (Å²) in [5.74, 6) is 0. The molecule has 0 unspecified atom stereocenters. The van der Waals surface area contributed by atoms with Gasteiger partial charge in [-0.15, -0.1) is 0 Å². The molecular weight excluding hydrogens is 315 g/mol. The standard InChI is InChI=1S/C13H14Cl2N4S/c1-3-16-8(2)7-17-12-19-13(20-12)18-9-4-5-10(14)11(15)6-9/h4-7,16H,3H2,1-2H3,(H,17,18,19)/b8-7-. The van der Waals surface area contributed by atoms with Crippen molar-refractivity contribution < 1.29 is 0 Å². The molecule has 1 aliphatic heterocycles. The summed E-state index contributed by atoms with van der Waals surface area (Å²) in [5, 5.41) is 8.87. The van der Waals surface area contributed by atoms with E-state index >= 15 is 0 Å². The van der Waals surface area contributed by atoms with Crippen LogP contribution in [0, 0.1) is 0 Å². The molecule has 2 N–H and O–H groups in total. The van der Waals surface area contributed by atoms with Crippen LogP contribution in [0.1, 0.15) is 13.8 Å². The second kappa shape index (κ2) is 7.02. The Kier molecular flexibility index (Phi) is 5.34. The summed E-state index contributed by atoms with van der Waals surface area (Å²) in [5.41, 5.74) is 1.87. The highest BCUT2D eigenvalue weighted by molar-refractivity contribution is 8.29. The number of rotatable bonds is 4. The van der Waals surface area contributed by atoms with Crippen LogP contribution < -0.4 is 10.6 Å². The molecule has 0 radical (unpaired) electrons. The van der Waals surface area contributed by atoms with Gasteiger partial charge < -0.3 is 10.6 Å². The first kappa shape index (κ1) is 15.2. The minimum absolute atomic E-state index is 0.514. The zero-order valence-electron chi connectivity index (χ0n) is 11.1. The smallest absolute Gasteiger partial charge is 0.197 e. The highest BCUT2D eigenvalue weighted by Crippen LogP contribution is 2.27. The molecule has 0 bridgehead atoms. The van der Waals surface area contributed by atoms with Crippen molar-refractivity contribution in [2.24, 2.45) is 9.98 Å². The first-order valence-corrected chi connectivity index (χ1v) is 7.63. The summed E-state index contributed by atoms with van der Waals surface area (Å²) in [7, 11) is 0. The molecule has 7 heteroatoms. The maximum absolute atomic E-state index is 5.94. The van der Waals surface area contributed by atoms with Crippen molar-refractivity contribution in [3.63, 3.8) is 0 Å². The predicted octanol–water partition coefficient (Wildman–Crippen LogP) is 4.33. The van der Waals surface area contributed by atoms with E-state index in [0.29, 0.717) is 10.0 Å². The molecule has 2 rings (SSSR count). The van der Waals surface area contributed by atoms with Crippen LogP contribution >= 0.6 is 35.0 Å². The molecule has 0 atom stereocenters. The van der Waals surface area contributed by atoms with Crippen molar-refractivity contribution in [2.45, 2.75) is 13.8 Å². The Hall–Kier alpha value is -1.17. The van der Waals surface area contributed by atoms with Gasteiger partial charge >= 0.3 is 0 Å². The molecule has 1 aromatic carbocycles. The van der Waals surface area contributed by atoms with Gasteiger partial charge in [-0.1, -0.05) is 23.2 Å². The summed E-state index contributed by atoms with van der Waals surface area (Å²) in [4.78, 5) is 8.52. The number of amidine groups is 2. The first-order chi connectivity index (χ1) is 9.58. The van der Waals surface area contributed by atoms with Gasteiger partial charge in [-0.05, 0) is 43.8 Å². The fraction of sp³-hybridized carbons (Fsp3) is 0.231. The van der Waals surface area contributed by atoms with Crippen LogP contribution in [0.2, 0.25) is 10.0 Å². The van der Waals surface area contributed by atoms with Gasteiger partial charge in [0.1, 0.15) is 0 Å². The van der Waals surface area contributed by atoms with E-state index in [1.54, 1.807) is 18.3 Å². The highest BCUT2D eigenvalue weighted by atomic mass is 35.5. The van der Waals surface area contributed by atoms with Gasteiger partial charge in [0.2, 0.25) is 0 Å². The number of halogens is 2. The normalized spacial score (nSPS) is 16.7. The molecule has 0 saturated carbocycles. The number of benzene rings is 1. The van der Waals surface area contributed by atoms with Crippen LogP contribution in [0.5, 0.6) is 0 Å². The SMILES string of the molecule is CCN/C(C)=C\N=C1N=C(Nc2ccc(Cl)c(Cl)c2)S1. The van der Waals surface area contributed by atoms with E-state index in [0.717, 1.165) is 28.3 Å². The maximum atomic E-state index is 5.94. The van der Waals surface area contributed by atoms with Crippen LogP contribution in [0.4, 0.5) is 5.69 Å². The lowest BCUT2D eigenvalue weighted by Crippen LogP contribution is -2.19. The van der Waals surface area contributed by atoms with Crippen molar-refractivity contribution >= 4 is 51.0 Å². The third kappa shape index (κ3) is 4.16. The molecule has 0 aliphatic carbocycles. The topological polar surface area (TPSA) is 48.8 Å². The number of thioether (sulfide) groups is 1. The average Bonchev–Trinajstić information content (AvgIpc) is 2.36. The van der Waals surface area contributed by atoms with E-state index in [4.69, 9.17) is 23.2 Å². The molecule has 1 aliphatic rings. The Balaban J connectivity index is 1.94. The summed E-state index contributed by atoms with van der Waals surface area (Å²) < 4.78 is 0. The number of anilines is 1. The molecule has 106 valence electrons. The quantitative estimate of drug-likeness (QED) is 0.864. The lowest BCUT2D eigenvalue weighted by atomic mass is 10.3. The Morgan fingerprint density at radius 2 is 2.15 bits per heavy atom. The lowest BCUT2D eigenvalue weighted by Gasteiger charge is -2.16. The molecule has 1 heterocycles. The molecule has 0 fully saturated rings. The van der Waals surface area contributed by atoms with Crippen LogP contribution in [0.3, 0.4) is 0 Å². The van der Waals surface area contributed by atoms with Gasteiger partial charge in [0.15, 0.2) is 10.3 Å². The van der Waals surface area contributed by atoms with Crippen molar-refractivity contribution in [3.05, 3.63) is 40.1 Å². The summed E-state index contributed by atoms with van der Waals surface area (Å²) in [6.07, 6.45) is 1.77. The van der Waals surface area contributed by atoms with Crippen molar-refractivity contribution in [3.8, 4) is 0 Å². The Labute approximate surface area is 132 Å². The lowest BCUT2D eigenvalue weighted by molar-refractivity contribution is 0.850. The van der Waals surface area contributed by atoms with E-state index in [1.807, 2.05) is 19.9 Å². The van der Waals surface area contributed by atoms with Gasteiger partial charge in [-0.3, -0.25) is 0 Å². The first-order valence-electron chi connectivity index (χ1n) is 6.05. The number of allylic oxidation sites excluding steroid dienone is 1. The maximum Gasteiger partial charge on any atom is 0.197 e. The summed E-state index contributed by atoms with van der Waals surface area (Å²) >= 11 is 13.3. The molecule has 0 amide bonds. The van der Waals surface area contributed by atoms with Gasteiger partial charge in [0, 0.05) is 24.1 Å². The number of nitrogens with zero attached hydrogens (tertiary/aromatic N) is 2.